The minimum atomic E-state index is -1.26. The molecule has 1 aliphatic rings. The highest BCUT2D eigenvalue weighted by molar-refractivity contribution is 8.76. The molecule has 0 amide bonds. The third-order valence-electron chi connectivity index (χ3n) is 2.13. The van der Waals surface area contributed by atoms with E-state index in [1.54, 1.807) is 6.20 Å². The molecule has 0 unspecified atom stereocenters. The Labute approximate surface area is 106 Å². The first-order chi connectivity index (χ1) is 8.25. The number of ether oxygens (including phenoxy) is 2. The van der Waals surface area contributed by atoms with Gasteiger partial charge in [-0.25, -0.2) is 9.78 Å². The molecule has 0 bridgehead atoms. The average molecular weight is 273 g/mol. The summed E-state index contributed by atoms with van der Waals surface area (Å²) in [5.41, 5.74) is 0. The molecule has 7 heteroatoms. The van der Waals surface area contributed by atoms with Crippen molar-refractivity contribution in [3.8, 4) is 0 Å². The summed E-state index contributed by atoms with van der Waals surface area (Å²) < 4.78 is 9.97. The van der Waals surface area contributed by atoms with Gasteiger partial charge in [0.25, 0.3) is 0 Å². The van der Waals surface area contributed by atoms with Gasteiger partial charge in [0.05, 0.1) is 18.5 Å². The average Bonchev–Trinajstić information content (AvgIpc) is 2.74. The molecular weight excluding hydrogens is 262 g/mol. The fraction of sp³-hybridized carbons (Fsp3) is 0.400. The third kappa shape index (κ3) is 3.79. The zero-order chi connectivity index (χ0) is 12.1. The van der Waals surface area contributed by atoms with Crippen molar-refractivity contribution in [2.45, 2.75) is 16.4 Å². The SMILES string of the molecule is O=C(O)O[C@H]1COC[C@@H]1SSc1ccccn1. The van der Waals surface area contributed by atoms with Crippen LogP contribution in [0, 0.1) is 0 Å². The van der Waals surface area contributed by atoms with Crippen LogP contribution in [0.15, 0.2) is 29.4 Å². The van der Waals surface area contributed by atoms with Gasteiger partial charge < -0.3 is 14.6 Å². The van der Waals surface area contributed by atoms with Crippen molar-refractivity contribution < 1.29 is 19.4 Å². The quantitative estimate of drug-likeness (QED) is 0.666. The minimum absolute atomic E-state index is 0.0121. The van der Waals surface area contributed by atoms with E-state index in [9.17, 15) is 4.79 Å². The van der Waals surface area contributed by atoms with E-state index in [0.717, 1.165) is 5.03 Å². The van der Waals surface area contributed by atoms with Crippen molar-refractivity contribution in [3.63, 3.8) is 0 Å². The first-order valence-electron chi connectivity index (χ1n) is 4.97. The molecule has 2 rings (SSSR count). The minimum Gasteiger partial charge on any atom is -0.450 e. The lowest BCUT2D eigenvalue weighted by Crippen LogP contribution is -2.26. The number of hydrogen-bond acceptors (Lipinski definition) is 6. The van der Waals surface area contributed by atoms with Crippen molar-refractivity contribution in [2.75, 3.05) is 13.2 Å². The molecular formula is C10H11NO4S2. The summed E-state index contributed by atoms with van der Waals surface area (Å²) in [6, 6.07) is 5.66. The number of carbonyl (C=O) groups is 1. The molecule has 0 spiro atoms. The van der Waals surface area contributed by atoms with Crippen molar-refractivity contribution in [3.05, 3.63) is 24.4 Å². The number of rotatable bonds is 4. The van der Waals surface area contributed by atoms with Crippen LogP contribution in [-0.4, -0.2) is 40.8 Å². The van der Waals surface area contributed by atoms with Gasteiger partial charge in [-0.1, -0.05) is 16.9 Å². The summed E-state index contributed by atoms with van der Waals surface area (Å²) in [7, 11) is 3.03. The number of pyridine rings is 1. The Morgan fingerprint density at radius 1 is 1.53 bits per heavy atom. The molecule has 2 atom stereocenters. The van der Waals surface area contributed by atoms with Gasteiger partial charge in [-0.15, -0.1) is 0 Å². The maximum atomic E-state index is 10.5. The van der Waals surface area contributed by atoms with E-state index in [1.807, 2.05) is 18.2 Å². The number of carboxylic acid groups (broad SMARTS) is 1. The van der Waals surface area contributed by atoms with Gasteiger partial charge in [-0.3, -0.25) is 0 Å². The molecule has 1 aromatic rings. The van der Waals surface area contributed by atoms with Crippen LogP contribution in [0.2, 0.25) is 0 Å². The Hall–Kier alpha value is -0.920. The smallest absolute Gasteiger partial charge is 0.450 e. The first kappa shape index (κ1) is 12.5. The Morgan fingerprint density at radius 2 is 2.41 bits per heavy atom. The van der Waals surface area contributed by atoms with Crippen LogP contribution in [0.1, 0.15) is 0 Å². The van der Waals surface area contributed by atoms with E-state index < -0.39 is 12.3 Å². The first-order valence-corrected chi connectivity index (χ1v) is 7.18. The highest BCUT2D eigenvalue weighted by Crippen LogP contribution is 2.37. The molecule has 1 aromatic heterocycles. The zero-order valence-electron chi connectivity index (χ0n) is 8.81. The number of aromatic nitrogens is 1. The lowest BCUT2D eigenvalue weighted by molar-refractivity contribution is 0.0460. The predicted molar refractivity (Wildman–Crippen MR) is 65.2 cm³/mol. The van der Waals surface area contributed by atoms with Gasteiger partial charge in [0.1, 0.15) is 11.1 Å². The topological polar surface area (TPSA) is 68.7 Å². The molecule has 1 N–H and O–H groups in total. The second kappa shape index (κ2) is 6.13. The predicted octanol–water partition coefficient (Wildman–Crippen LogP) is 2.28. The second-order valence-corrected chi connectivity index (χ2v) is 5.81. The molecule has 0 aromatic carbocycles. The van der Waals surface area contributed by atoms with Crippen molar-refractivity contribution in [1.82, 2.24) is 4.98 Å². The highest BCUT2D eigenvalue weighted by Gasteiger charge is 2.32. The van der Waals surface area contributed by atoms with Gasteiger partial charge in [-0.05, 0) is 22.9 Å². The third-order valence-corrected chi connectivity index (χ3v) is 4.86. The fourth-order valence-electron chi connectivity index (χ4n) is 1.35. The summed E-state index contributed by atoms with van der Waals surface area (Å²) in [6.07, 6.45) is 0.0712. The van der Waals surface area contributed by atoms with Gasteiger partial charge in [-0.2, -0.15) is 0 Å². The molecule has 0 radical (unpaired) electrons. The van der Waals surface area contributed by atoms with Crippen LogP contribution in [-0.2, 0) is 9.47 Å². The Morgan fingerprint density at radius 3 is 3.12 bits per heavy atom. The van der Waals surface area contributed by atoms with Crippen molar-refractivity contribution in [2.24, 2.45) is 0 Å². The molecule has 0 saturated carbocycles. The highest BCUT2D eigenvalue weighted by atomic mass is 33.1. The standard InChI is InChI=1S/C10H11NO4S2/c12-10(13)15-7-5-14-6-8(7)16-17-9-3-1-2-4-11-9/h1-4,7-8H,5-6H2,(H,12,13)/t7-,8-/m0/s1. The number of hydrogen-bond donors (Lipinski definition) is 1. The van der Waals surface area contributed by atoms with Crippen LogP contribution in [0.25, 0.3) is 0 Å². The lowest BCUT2D eigenvalue weighted by atomic mass is 10.3. The summed E-state index contributed by atoms with van der Waals surface area (Å²) in [5, 5.41) is 9.47. The maximum Gasteiger partial charge on any atom is 0.506 e. The van der Waals surface area contributed by atoms with Gasteiger partial charge in [0.2, 0.25) is 0 Å². The van der Waals surface area contributed by atoms with E-state index in [4.69, 9.17) is 14.6 Å². The van der Waals surface area contributed by atoms with Crippen molar-refractivity contribution >= 4 is 27.7 Å². The zero-order valence-corrected chi connectivity index (χ0v) is 10.4. The summed E-state index contributed by atoms with van der Waals surface area (Å²) in [5.74, 6) is 0. The molecule has 1 saturated heterocycles. The second-order valence-electron chi connectivity index (χ2n) is 3.35. The van der Waals surface area contributed by atoms with Crippen LogP contribution in [0.5, 0.6) is 0 Å². The van der Waals surface area contributed by atoms with Gasteiger partial charge in [0, 0.05) is 6.20 Å². The number of nitrogens with zero attached hydrogens (tertiary/aromatic N) is 1. The normalized spacial score (nSPS) is 23.5. The molecule has 17 heavy (non-hydrogen) atoms. The summed E-state index contributed by atoms with van der Waals surface area (Å²) in [6.45, 7) is 0.829. The van der Waals surface area contributed by atoms with E-state index >= 15 is 0 Å². The molecule has 2 heterocycles. The van der Waals surface area contributed by atoms with E-state index in [-0.39, 0.29) is 5.25 Å². The van der Waals surface area contributed by atoms with Crippen LogP contribution >= 0.6 is 21.6 Å². The molecule has 1 aliphatic heterocycles. The van der Waals surface area contributed by atoms with Crippen LogP contribution < -0.4 is 0 Å². The fourth-order valence-corrected chi connectivity index (χ4v) is 3.72. The van der Waals surface area contributed by atoms with E-state index in [1.165, 1.54) is 21.6 Å². The Bertz CT molecular complexity index is 376. The monoisotopic (exact) mass is 273 g/mol. The largest absolute Gasteiger partial charge is 0.506 e. The Kier molecular flexibility index (Phi) is 4.52. The molecule has 5 nitrogen and oxygen atoms in total. The summed E-state index contributed by atoms with van der Waals surface area (Å²) >= 11 is 0. The molecule has 92 valence electrons. The van der Waals surface area contributed by atoms with Crippen LogP contribution in [0.4, 0.5) is 4.79 Å². The van der Waals surface area contributed by atoms with E-state index in [2.05, 4.69) is 4.98 Å². The Balaban J connectivity index is 1.84. The summed E-state index contributed by atoms with van der Waals surface area (Å²) in [4.78, 5) is 14.6. The van der Waals surface area contributed by atoms with Gasteiger partial charge >= 0.3 is 6.16 Å². The molecule has 0 aliphatic carbocycles. The van der Waals surface area contributed by atoms with Crippen molar-refractivity contribution in [1.29, 1.82) is 0 Å². The maximum absolute atomic E-state index is 10.5. The van der Waals surface area contributed by atoms with Gasteiger partial charge in [0.15, 0.2) is 0 Å². The lowest BCUT2D eigenvalue weighted by Gasteiger charge is -2.14. The molecule has 1 fully saturated rings. The van der Waals surface area contributed by atoms with E-state index in [0.29, 0.717) is 13.2 Å². The van der Waals surface area contributed by atoms with Crippen LogP contribution in [0.3, 0.4) is 0 Å².